The molecular weight excluding hydrogens is 230 g/mol. The number of methoxy groups -OCH3 is 2. The highest BCUT2D eigenvalue weighted by Crippen LogP contribution is 2.07. The van der Waals surface area contributed by atoms with Crippen LogP contribution in [-0.2, 0) is 9.47 Å². The lowest BCUT2D eigenvalue weighted by Gasteiger charge is -2.32. The van der Waals surface area contributed by atoms with Gasteiger partial charge < -0.3 is 20.1 Å². The van der Waals surface area contributed by atoms with Crippen LogP contribution >= 0.6 is 0 Å². The third kappa shape index (κ3) is 6.66. The number of nitrogens with zero attached hydrogens (tertiary/aromatic N) is 2. The standard InChI is InChI=1S/C13H29N3O2/c1-17-11-9-16(10-12-18-2)8-7-15-5-3-13(14)4-6-15/h13H,3-12,14H2,1-2H3. The molecule has 2 N–H and O–H groups in total. The van der Waals surface area contributed by atoms with Gasteiger partial charge in [-0.25, -0.2) is 0 Å². The third-order valence-corrected chi connectivity index (χ3v) is 3.59. The quantitative estimate of drug-likeness (QED) is 0.632. The average Bonchev–Trinajstić information content (AvgIpc) is 2.40. The summed E-state index contributed by atoms with van der Waals surface area (Å²) in [6.07, 6.45) is 2.27. The van der Waals surface area contributed by atoms with Crippen molar-refractivity contribution < 1.29 is 9.47 Å². The molecule has 1 fully saturated rings. The van der Waals surface area contributed by atoms with Gasteiger partial charge in [0.25, 0.3) is 0 Å². The van der Waals surface area contributed by atoms with Crippen LogP contribution in [-0.4, -0.2) is 82.5 Å². The van der Waals surface area contributed by atoms with Crippen LogP contribution in [0.25, 0.3) is 0 Å². The highest BCUT2D eigenvalue weighted by Gasteiger charge is 2.16. The number of ether oxygens (including phenoxy) is 2. The molecule has 0 bridgehead atoms. The normalized spacial score (nSPS) is 18.7. The molecule has 0 spiro atoms. The summed E-state index contributed by atoms with van der Waals surface area (Å²) in [6, 6.07) is 0.416. The molecule has 108 valence electrons. The lowest BCUT2D eigenvalue weighted by Crippen LogP contribution is -2.44. The Bertz CT molecular complexity index is 189. The molecule has 1 heterocycles. The summed E-state index contributed by atoms with van der Waals surface area (Å²) in [5.74, 6) is 0. The average molecular weight is 259 g/mol. The molecule has 0 atom stereocenters. The lowest BCUT2D eigenvalue weighted by atomic mass is 10.1. The van der Waals surface area contributed by atoms with Crippen molar-refractivity contribution in [3.8, 4) is 0 Å². The molecule has 0 amide bonds. The predicted molar refractivity (Wildman–Crippen MR) is 73.8 cm³/mol. The van der Waals surface area contributed by atoms with E-state index in [9.17, 15) is 0 Å². The first-order valence-corrected chi connectivity index (χ1v) is 6.94. The molecule has 5 nitrogen and oxygen atoms in total. The molecule has 0 saturated carbocycles. The van der Waals surface area contributed by atoms with Gasteiger partial charge in [0.05, 0.1) is 13.2 Å². The molecule has 0 aliphatic carbocycles. The van der Waals surface area contributed by atoms with Crippen LogP contribution in [0.2, 0.25) is 0 Å². The summed E-state index contributed by atoms with van der Waals surface area (Å²) >= 11 is 0. The van der Waals surface area contributed by atoms with Crippen molar-refractivity contribution in [3.05, 3.63) is 0 Å². The van der Waals surface area contributed by atoms with Crippen LogP contribution in [0.4, 0.5) is 0 Å². The molecule has 1 aliphatic heterocycles. The Morgan fingerprint density at radius 1 is 1.06 bits per heavy atom. The van der Waals surface area contributed by atoms with Crippen LogP contribution in [0.15, 0.2) is 0 Å². The SMILES string of the molecule is COCCN(CCOC)CCN1CCC(N)CC1. The second-order valence-corrected chi connectivity index (χ2v) is 5.01. The summed E-state index contributed by atoms with van der Waals surface area (Å²) in [5, 5.41) is 0. The summed E-state index contributed by atoms with van der Waals surface area (Å²) < 4.78 is 10.3. The zero-order chi connectivity index (χ0) is 13.2. The second-order valence-electron chi connectivity index (χ2n) is 5.01. The van der Waals surface area contributed by atoms with E-state index in [1.807, 2.05) is 0 Å². The van der Waals surface area contributed by atoms with Crippen LogP contribution in [0.3, 0.4) is 0 Å². The minimum atomic E-state index is 0.416. The Kier molecular flexibility index (Phi) is 8.54. The minimum absolute atomic E-state index is 0.416. The summed E-state index contributed by atoms with van der Waals surface area (Å²) in [4.78, 5) is 4.91. The van der Waals surface area contributed by atoms with Gasteiger partial charge in [-0.05, 0) is 25.9 Å². The van der Waals surface area contributed by atoms with Gasteiger partial charge >= 0.3 is 0 Å². The first-order chi connectivity index (χ1) is 8.76. The van der Waals surface area contributed by atoms with Crippen LogP contribution < -0.4 is 5.73 Å². The van der Waals surface area contributed by atoms with E-state index >= 15 is 0 Å². The zero-order valence-electron chi connectivity index (χ0n) is 11.9. The van der Waals surface area contributed by atoms with E-state index in [1.54, 1.807) is 14.2 Å². The fourth-order valence-electron chi connectivity index (χ4n) is 2.24. The fourth-order valence-corrected chi connectivity index (χ4v) is 2.24. The Hall–Kier alpha value is -0.200. The van der Waals surface area contributed by atoms with Crippen molar-refractivity contribution in [1.29, 1.82) is 0 Å². The van der Waals surface area contributed by atoms with Crippen molar-refractivity contribution in [3.63, 3.8) is 0 Å². The number of hydrogen-bond acceptors (Lipinski definition) is 5. The van der Waals surface area contributed by atoms with Crippen molar-refractivity contribution in [1.82, 2.24) is 9.80 Å². The Balaban J connectivity index is 2.18. The van der Waals surface area contributed by atoms with E-state index < -0.39 is 0 Å². The van der Waals surface area contributed by atoms with Gasteiger partial charge in [0.1, 0.15) is 0 Å². The Labute approximate surface area is 111 Å². The first-order valence-electron chi connectivity index (χ1n) is 6.94. The largest absolute Gasteiger partial charge is 0.383 e. The second kappa shape index (κ2) is 9.69. The van der Waals surface area contributed by atoms with Crippen LogP contribution in [0, 0.1) is 0 Å². The van der Waals surface area contributed by atoms with Gasteiger partial charge in [-0.2, -0.15) is 0 Å². The molecule has 0 aromatic carbocycles. The molecule has 0 aromatic rings. The van der Waals surface area contributed by atoms with E-state index in [4.69, 9.17) is 15.2 Å². The van der Waals surface area contributed by atoms with E-state index in [-0.39, 0.29) is 0 Å². The Morgan fingerprint density at radius 2 is 1.61 bits per heavy atom. The number of nitrogens with two attached hydrogens (primary N) is 1. The predicted octanol–water partition coefficient (Wildman–Crippen LogP) is 0.00430. The van der Waals surface area contributed by atoms with E-state index in [0.29, 0.717) is 6.04 Å². The van der Waals surface area contributed by atoms with E-state index in [1.165, 1.54) is 0 Å². The van der Waals surface area contributed by atoms with Gasteiger partial charge in [-0.3, -0.25) is 4.90 Å². The number of likely N-dealkylation sites (tertiary alicyclic amines) is 1. The van der Waals surface area contributed by atoms with Crippen molar-refractivity contribution in [2.45, 2.75) is 18.9 Å². The highest BCUT2D eigenvalue weighted by atomic mass is 16.5. The van der Waals surface area contributed by atoms with E-state index in [0.717, 1.165) is 65.3 Å². The maximum absolute atomic E-state index is 5.91. The van der Waals surface area contributed by atoms with Crippen LogP contribution in [0.5, 0.6) is 0 Å². The molecule has 1 rings (SSSR count). The third-order valence-electron chi connectivity index (χ3n) is 3.59. The molecule has 0 radical (unpaired) electrons. The number of hydrogen-bond donors (Lipinski definition) is 1. The van der Waals surface area contributed by atoms with Crippen molar-refractivity contribution in [2.24, 2.45) is 5.73 Å². The maximum Gasteiger partial charge on any atom is 0.0589 e. The van der Waals surface area contributed by atoms with Crippen molar-refractivity contribution in [2.75, 3.05) is 66.7 Å². The van der Waals surface area contributed by atoms with Crippen LogP contribution in [0.1, 0.15) is 12.8 Å². The molecule has 1 saturated heterocycles. The summed E-state index contributed by atoms with van der Waals surface area (Å²) in [5.41, 5.74) is 5.91. The molecule has 1 aliphatic rings. The van der Waals surface area contributed by atoms with Gasteiger partial charge in [0, 0.05) is 46.4 Å². The monoisotopic (exact) mass is 259 g/mol. The molecule has 18 heavy (non-hydrogen) atoms. The summed E-state index contributed by atoms with van der Waals surface area (Å²) in [7, 11) is 3.50. The molecule has 5 heteroatoms. The van der Waals surface area contributed by atoms with Gasteiger partial charge in [-0.1, -0.05) is 0 Å². The highest BCUT2D eigenvalue weighted by molar-refractivity contribution is 4.74. The topological polar surface area (TPSA) is 51.0 Å². The summed E-state index contributed by atoms with van der Waals surface area (Å²) in [6.45, 7) is 8.03. The zero-order valence-corrected chi connectivity index (χ0v) is 11.9. The molecule has 0 unspecified atom stereocenters. The van der Waals surface area contributed by atoms with Gasteiger partial charge in [-0.15, -0.1) is 0 Å². The Morgan fingerprint density at radius 3 is 2.11 bits per heavy atom. The first kappa shape index (κ1) is 15.9. The number of rotatable bonds is 9. The van der Waals surface area contributed by atoms with Gasteiger partial charge in [0.2, 0.25) is 0 Å². The smallest absolute Gasteiger partial charge is 0.0589 e. The maximum atomic E-state index is 5.91. The molecule has 0 aromatic heterocycles. The lowest BCUT2D eigenvalue weighted by molar-refractivity contribution is 0.101. The number of piperidine rings is 1. The van der Waals surface area contributed by atoms with Crippen molar-refractivity contribution >= 4 is 0 Å². The van der Waals surface area contributed by atoms with Gasteiger partial charge in [0.15, 0.2) is 0 Å². The minimum Gasteiger partial charge on any atom is -0.383 e. The molecular formula is C13H29N3O2. The fraction of sp³-hybridized carbons (Fsp3) is 1.00. The van der Waals surface area contributed by atoms with E-state index in [2.05, 4.69) is 9.80 Å².